The minimum absolute atomic E-state index is 0.667. The fourth-order valence-electron chi connectivity index (χ4n) is 2.00. The highest BCUT2D eigenvalue weighted by Crippen LogP contribution is 2.19. The van der Waals surface area contributed by atoms with Crippen molar-refractivity contribution in [3.8, 4) is 0 Å². The molecule has 1 saturated carbocycles. The fraction of sp³-hybridized carbons (Fsp3) is 0.692. The maximum absolute atomic E-state index is 3.63. The zero-order valence-electron chi connectivity index (χ0n) is 10.3. The standard InChI is InChI=1S/C13H22N2S/c1-3-13(8-14-12-4-5-12)15(2)9-11-6-7-16-10-11/h6-7,10,12-14H,3-5,8-9H2,1-2H3. The van der Waals surface area contributed by atoms with E-state index in [1.165, 1.54) is 24.8 Å². The Morgan fingerprint density at radius 1 is 1.56 bits per heavy atom. The molecule has 2 rings (SSSR count). The lowest BCUT2D eigenvalue weighted by Gasteiger charge is -2.27. The van der Waals surface area contributed by atoms with Crippen LogP contribution in [-0.2, 0) is 6.54 Å². The summed E-state index contributed by atoms with van der Waals surface area (Å²) in [4.78, 5) is 2.47. The van der Waals surface area contributed by atoms with Crippen molar-refractivity contribution in [3.63, 3.8) is 0 Å². The molecule has 1 fully saturated rings. The van der Waals surface area contributed by atoms with Gasteiger partial charge in [-0.15, -0.1) is 0 Å². The van der Waals surface area contributed by atoms with Crippen molar-refractivity contribution in [3.05, 3.63) is 22.4 Å². The summed E-state index contributed by atoms with van der Waals surface area (Å²) in [7, 11) is 2.24. The molecule has 1 heterocycles. The van der Waals surface area contributed by atoms with Crippen molar-refractivity contribution in [1.29, 1.82) is 0 Å². The summed E-state index contributed by atoms with van der Waals surface area (Å²) in [5.74, 6) is 0. The van der Waals surface area contributed by atoms with Gasteiger partial charge in [0, 0.05) is 25.2 Å². The van der Waals surface area contributed by atoms with Crippen LogP contribution >= 0.6 is 11.3 Å². The number of hydrogen-bond acceptors (Lipinski definition) is 3. The SMILES string of the molecule is CCC(CNC1CC1)N(C)Cc1ccsc1. The van der Waals surface area contributed by atoms with E-state index in [-0.39, 0.29) is 0 Å². The van der Waals surface area contributed by atoms with Gasteiger partial charge in [-0.3, -0.25) is 4.90 Å². The van der Waals surface area contributed by atoms with Crippen LogP contribution in [0.2, 0.25) is 0 Å². The van der Waals surface area contributed by atoms with E-state index < -0.39 is 0 Å². The molecule has 0 spiro atoms. The van der Waals surface area contributed by atoms with E-state index in [1.54, 1.807) is 11.3 Å². The van der Waals surface area contributed by atoms with E-state index in [0.29, 0.717) is 6.04 Å². The smallest absolute Gasteiger partial charge is 0.0242 e. The van der Waals surface area contributed by atoms with Crippen LogP contribution in [0.25, 0.3) is 0 Å². The first kappa shape index (κ1) is 12.1. The molecule has 90 valence electrons. The number of rotatable bonds is 7. The molecule has 1 unspecified atom stereocenters. The summed E-state index contributed by atoms with van der Waals surface area (Å²) in [5.41, 5.74) is 1.44. The van der Waals surface area contributed by atoms with Gasteiger partial charge in [0.15, 0.2) is 0 Å². The summed E-state index contributed by atoms with van der Waals surface area (Å²) in [5, 5.41) is 8.04. The zero-order valence-corrected chi connectivity index (χ0v) is 11.1. The Balaban J connectivity index is 1.77. The Kier molecular flexibility index (Phi) is 4.38. The van der Waals surface area contributed by atoms with Gasteiger partial charge in [0.1, 0.15) is 0 Å². The highest BCUT2D eigenvalue weighted by Gasteiger charge is 2.22. The van der Waals surface area contributed by atoms with E-state index in [0.717, 1.165) is 19.1 Å². The van der Waals surface area contributed by atoms with Crippen LogP contribution in [0, 0.1) is 0 Å². The second-order valence-corrected chi connectivity index (χ2v) is 5.57. The maximum atomic E-state index is 3.63. The van der Waals surface area contributed by atoms with E-state index in [4.69, 9.17) is 0 Å². The minimum Gasteiger partial charge on any atom is -0.312 e. The molecule has 0 amide bonds. The quantitative estimate of drug-likeness (QED) is 0.786. The van der Waals surface area contributed by atoms with Gasteiger partial charge in [0.25, 0.3) is 0 Å². The molecule has 3 heteroatoms. The summed E-state index contributed by atoms with van der Waals surface area (Å²) < 4.78 is 0. The van der Waals surface area contributed by atoms with Crippen molar-refractivity contribution < 1.29 is 0 Å². The van der Waals surface area contributed by atoms with Gasteiger partial charge < -0.3 is 5.32 Å². The van der Waals surface area contributed by atoms with Crippen LogP contribution in [0.3, 0.4) is 0 Å². The second kappa shape index (κ2) is 5.80. The van der Waals surface area contributed by atoms with Crippen LogP contribution in [0.15, 0.2) is 16.8 Å². The van der Waals surface area contributed by atoms with Crippen molar-refractivity contribution in [2.75, 3.05) is 13.6 Å². The molecule has 1 aromatic heterocycles. The summed E-state index contributed by atoms with van der Waals surface area (Å²) >= 11 is 1.79. The topological polar surface area (TPSA) is 15.3 Å². The molecule has 1 aromatic rings. The monoisotopic (exact) mass is 238 g/mol. The number of likely N-dealkylation sites (N-methyl/N-ethyl adjacent to an activating group) is 1. The summed E-state index contributed by atoms with van der Waals surface area (Å²) in [6, 6.07) is 3.71. The molecule has 1 aliphatic rings. The third kappa shape index (κ3) is 3.58. The molecular weight excluding hydrogens is 216 g/mol. The Morgan fingerprint density at radius 2 is 2.38 bits per heavy atom. The average molecular weight is 238 g/mol. The first-order valence-electron chi connectivity index (χ1n) is 6.24. The first-order valence-corrected chi connectivity index (χ1v) is 7.18. The highest BCUT2D eigenvalue weighted by atomic mass is 32.1. The van der Waals surface area contributed by atoms with Gasteiger partial charge in [-0.25, -0.2) is 0 Å². The zero-order chi connectivity index (χ0) is 11.4. The lowest BCUT2D eigenvalue weighted by Crippen LogP contribution is -2.39. The van der Waals surface area contributed by atoms with Crippen LogP contribution in [0.1, 0.15) is 31.7 Å². The molecular formula is C13H22N2S. The minimum atomic E-state index is 0.667. The Hall–Kier alpha value is -0.380. The van der Waals surface area contributed by atoms with Crippen molar-refractivity contribution >= 4 is 11.3 Å². The van der Waals surface area contributed by atoms with Gasteiger partial charge >= 0.3 is 0 Å². The van der Waals surface area contributed by atoms with Crippen molar-refractivity contribution in [1.82, 2.24) is 10.2 Å². The Morgan fingerprint density at radius 3 is 2.94 bits per heavy atom. The molecule has 1 N–H and O–H groups in total. The lowest BCUT2D eigenvalue weighted by molar-refractivity contribution is 0.221. The lowest BCUT2D eigenvalue weighted by atomic mass is 10.2. The predicted octanol–water partition coefficient (Wildman–Crippen LogP) is 2.71. The number of nitrogens with zero attached hydrogens (tertiary/aromatic N) is 1. The van der Waals surface area contributed by atoms with Gasteiger partial charge in [-0.1, -0.05) is 6.92 Å². The average Bonchev–Trinajstić information content (AvgIpc) is 2.96. The summed E-state index contributed by atoms with van der Waals surface area (Å²) in [6.07, 6.45) is 3.98. The third-order valence-electron chi connectivity index (χ3n) is 3.33. The van der Waals surface area contributed by atoms with Gasteiger partial charge in [0.2, 0.25) is 0 Å². The first-order chi connectivity index (χ1) is 7.79. The predicted molar refractivity (Wildman–Crippen MR) is 70.9 cm³/mol. The van der Waals surface area contributed by atoms with E-state index >= 15 is 0 Å². The molecule has 1 aliphatic carbocycles. The maximum Gasteiger partial charge on any atom is 0.0242 e. The molecule has 1 atom stereocenters. The third-order valence-corrected chi connectivity index (χ3v) is 4.06. The Labute approximate surface area is 103 Å². The molecule has 16 heavy (non-hydrogen) atoms. The number of hydrogen-bond donors (Lipinski definition) is 1. The fourth-order valence-corrected chi connectivity index (χ4v) is 2.66. The highest BCUT2D eigenvalue weighted by molar-refractivity contribution is 7.07. The number of thiophene rings is 1. The van der Waals surface area contributed by atoms with Gasteiger partial charge in [-0.2, -0.15) is 11.3 Å². The van der Waals surface area contributed by atoms with Crippen molar-refractivity contribution in [2.24, 2.45) is 0 Å². The second-order valence-electron chi connectivity index (χ2n) is 4.79. The molecule has 0 radical (unpaired) electrons. The largest absolute Gasteiger partial charge is 0.312 e. The van der Waals surface area contributed by atoms with Crippen molar-refractivity contribution in [2.45, 2.75) is 44.8 Å². The van der Waals surface area contributed by atoms with E-state index in [9.17, 15) is 0 Å². The van der Waals surface area contributed by atoms with E-state index in [1.807, 2.05) is 0 Å². The molecule has 0 aromatic carbocycles. The van der Waals surface area contributed by atoms with Gasteiger partial charge in [-0.05, 0) is 48.7 Å². The van der Waals surface area contributed by atoms with Crippen LogP contribution in [0.5, 0.6) is 0 Å². The van der Waals surface area contributed by atoms with Crippen LogP contribution < -0.4 is 5.32 Å². The number of nitrogens with one attached hydrogen (secondary N) is 1. The molecule has 2 nitrogen and oxygen atoms in total. The van der Waals surface area contributed by atoms with Gasteiger partial charge in [0.05, 0.1) is 0 Å². The molecule has 0 aliphatic heterocycles. The molecule has 0 saturated heterocycles. The molecule has 0 bridgehead atoms. The van der Waals surface area contributed by atoms with Crippen LogP contribution in [0.4, 0.5) is 0 Å². The van der Waals surface area contributed by atoms with E-state index in [2.05, 4.69) is 41.0 Å². The van der Waals surface area contributed by atoms with Crippen LogP contribution in [-0.4, -0.2) is 30.6 Å². The summed E-state index contributed by atoms with van der Waals surface area (Å²) in [6.45, 7) is 4.50. The Bertz CT molecular complexity index is 293. The normalized spacial score (nSPS) is 17.9.